The molecule has 0 bridgehead atoms. The minimum absolute atomic E-state index is 0.833. The van der Waals surface area contributed by atoms with Gasteiger partial charge in [0.15, 0.2) is 0 Å². The molecule has 0 aromatic carbocycles. The molecule has 2 aliphatic rings. The van der Waals surface area contributed by atoms with Crippen molar-refractivity contribution >= 4 is 0 Å². The van der Waals surface area contributed by atoms with E-state index in [2.05, 4.69) is 41.5 Å². The van der Waals surface area contributed by atoms with Gasteiger partial charge in [-0.05, 0) is 68.6 Å². The summed E-state index contributed by atoms with van der Waals surface area (Å²) < 4.78 is 0. The predicted molar refractivity (Wildman–Crippen MR) is 80.5 cm³/mol. The second kappa shape index (κ2) is 5.39. The third kappa shape index (κ3) is 2.53. The first-order valence-corrected chi connectivity index (χ1v) is 8.09. The Bertz CT molecular complexity index is 319. The summed E-state index contributed by atoms with van der Waals surface area (Å²) in [6.07, 6.45) is 5.79. The van der Waals surface area contributed by atoms with Crippen molar-refractivity contribution in [1.82, 2.24) is 0 Å². The molecular weight excluding hydrogens is 216 g/mol. The number of hydrogen-bond acceptors (Lipinski definition) is 0. The molecule has 5 atom stereocenters. The van der Waals surface area contributed by atoms with Crippen LogP contribution in [0.15, 0.2) is 11.1 Å². The fourth-order valence-electron chi connectivity index (χ4n) is 4.71. The molecule has 5 unspecified atom stereocenters. The molecule has 18 heavy (non-hydrogen) atoms. The topological polar surface area (TPSA) is 0 Å². The quantitative estimate of drug-likeness (QED) is 0.551. The van der Waals surface area contributed by atoms with Gasteiger partial charge in [0.25, 0.3) is 0 Å². The lowest BCUT2D eigenvalue weighted by atomic mass is 9.58. The largest absolute Gasteiger partial charge is 0.0707 e. The molecule has 2 rings (SSSR count). The standard InChI is InChI=1S/C18H32/c1-11(2)9-17-13(4)14(5)18-10-12(3)7-8-16(18)15(17)6/h11-12,15-18H,7-10H2,1-6H3. The minimum Gasteiger partial charge on any atom is -0.0707 e. The highest BCUT2D eigenvalue weighted by Gasteiger charge is 2.41. The van der Waals surface area contributed by atoms with Gasteiger partial charge in [-0.1, -0.05) is 45.3 Å². The molecule has 0 N–H and O–H groups in total. The number of fused-ring (bicyclic) bond motifs is 1. The lowest BCUT2D eigenvalue weighted by molar-refractivity contribution is 0.106. The number of hydrogen-bond donors (Lipinski definition) is 0. The molecular formula is C18H32. The van der Waals surface area contributed by atoms with E-state index in [0.29, 0.717) is 0 Å². The molecule has 0 heterocycles. The van der Waals surface area contributed by atoms with Crippen molar-refractivity contribution in [3.05, 3.63) is 11.1 Å². The molecule has 1 fully saturated rings. The maximum absolute atomic E-state index is 2.54. The van der Waals surface area contributed by atoms with Crippen molar-refractivity contribution in [2.45, 2.75) is 67.2 Å². The van der Waals surface area contributed by atoms with Crippen molar-refractivity contribution in [3.8, 4) is 0 Å². The summed E-state index contributed by atoms with van der Waals surface area (Å²) >= 11 is 0. The third-order valence-corrected chi connectivity index (χ3v) is 5.94. The Morgan fingerprint density at radius 3 is 2.33 bits per heavy atom. The predicted octanol–water partition coefficient (Wildman–Crippen LogP) is 5.69. The van der Waals surface area contributed by atoms with Gasteiger partial charge in [0.1, 0.15) is 0 Å². The Morgan fingerprint density at radius 2 is 1.72 bits per heavy atom. The zero-order valence-electron chi connectivity index (χ0n) is 13.3. The van der Waals surface area contributed by atoms with Crippen LogP contribution >= 0.6 is 0 Å². The molecule has 0 spiro atoms. The maximum Gasteiger partial charge on any atom is -0.0170 e. The lowest BCUT2D eigenvalue weighted by Crippen LogP contribution is -2.38. The molecule has 2 aliphatic carbocycles. The number of allylic oxidation sites excluding steroid dienone is 2. The highest BCUT2D eigenvalue weighted by atomic mass is 14.5. The first-order chi connectivity index (χ1) is 8.41. The minimum atomic E-state index is 0.833. The first-order valence-electron chi connectivity index (χ1n) is 8.09. The van der Waals surface area contributed by atoms with Gasteiger partial charge < -0.3 is 0 Å². The van der Waals surface area contributed by atoms with Crippen molar-refractivity contribution in [2.24, 2.45) is 35.5 Å². The summed E-state index contributed by atoms with van der Waals surface area (Å²) in [6, 6.07) is 0. The molecule has 0 nitrogen and oxygen atoms in total. The van der Waals surface area contributed by atoms with Crippen LogP contribution in [0.5, 0.6) is 0 Å². The van der Waals surface area contributed by atoms with Crippen LogP contribution in [-0.2, 0) is 0 Å². The van der Waals surface area contributed by atoms with Gasteiger partial charge in [0, 0.05) is 0 Å². The van der Waals surface area contributed by atoms with Crippen LogP contribution in [-0.4, -0.2) is 0 Å². The monoisotopic (exact) mass is 248 g/mol. The highest BCUT2D eigenvalue weighted by Crippen LogP contribution is 2.51. The van der Waals surface area contributed by atoms with Crippen LogP contribution < -0.4 is 0 Å². The molecule has 0 amide bonds. The van der Waals surface area contributed by atoms with E-state index < -0.39 is 0 Å². The van der Waals surface area contributed by atoms with Crippen LogP contribution in [0, 0.1) is 35.5 Å². The Labute approximate surface area is 114 Å². The molecule has 0 saturated heterocycles. The molecule has 0 heteroatoms. The van der Waals surface area contributed by atoms with Crippen LogP contribution in [0.3, 0.4) is 0 Å². The van der Waals surface area contributed by atoms with Gasteiger partial charge in [-0.3, -0.25) is 0 Å². The SMILES string of the molecule is CC1=C(C)C2CC(C)CCC2C(C)C1CC(C)C. The number of rotatable bonds is 2. The van der Waals surface area contributed by atoms with E-state index in [1.807, 2.05) is 0 Å². The van der Waals surface area contributed by atoms with Crippen LogP contribution in [0.25, 0.3) is 0 Å². The average Bonchev–Trinajstić information content (AvgIpc) is 2.31. The molecule has 0 aromatic heterocycles. The summed E-state index contributed by atoms with van der Waals surface area (Å²) in [6.45, 7) is 14.6. The molecule has 104 valence electrons. The lowest BCUT2D eigenvalue weighted by Gasteiger charge is -2.47. The molecule has 0 aliphatic heterocycles. The normalized spacial score (nSPS) is 41.2. The van der Waals surface area contributed by atoms with Gasteiger partial charge in [-0.15, -0.1) is 0 Å². The van der Waals surface area contributed by atoms with E-state index in [1.165, 1.54) is 25.7 Å². The zero-order chi connectivity index (χ0) is 13.4. The van der Waals surface area contributed by atoms with Gasteiger partial charge in [-0.2, -0.15) is 0 Å². The Morgan fingerprint density at radius 1 is 1.06 bits per heavy atom. The Balaban J connectivity index is 2.26. The second-order valence-corrected chi connectivity index (χ2v) is 7.65. The van der Waals surface area contributed by atoms with Gasteiger partial charge in [-0.25, -0.2) is 0 Å². The highest BCUT2D eigenvalue weighted by molar-refractivity contribution is 5.23. The fraction of sp³-hybridized carbons (Fsp3) is 0.889. The average molecular weight is 248 g/mol. The first kappa shape index (κ1) is 14.2. The van der Waals surface area contributed by atoms with Gasteiger partial charge in [0.05, 0.1) is 0 Å². The van der Waals surface area contributed by atoms with E-state index in [4.69, 9.17) is 0 Å². The second-order valence-electron chi connectivity index (χ2n) is 7.65. The van der Waals surface area contributed by atoms with Crippen LogP contribution in [0.4, 0.5) is 0 Å². The van der Waals surface area contributed by atoms with Crippen molar-refractivity contribution in [3.63, 3.8) is 0 Å². The van der Waals surface area contributed by atoms with E-state index in [1.54, 1.807) is 11.1 Å². The molecule has 0 aromatic rings. The molecule has 0 radical (unpaired) electrons. The Hall–Kier alpha value is -0.260. The summed E-state index contributed by atoms with van der Waals surface area (Å²) in [5.74, 6) is 5.44. The van der Waals surface area contributed by atoms with Gasteiger partial charge >= 0.3 is 0 Å². The summed E-state index contributed by atoms with van der Waals surface area (Å²) in [7, 11) is 0. The maximum atomic E-state index is 2.54. The Kier molecular flexibility index (Phi) is 4.24. The van der Waals surface area contributed by atoms with Crippen molar-refractivity contribution in [2.75, 3.05) is 0 Å². The van der Waals surface area contributed by atoms with E-state index >= 15 is 0 Å². The van der Waals surface area contributed by atoms with Crippen LogP contribution in [0.2, 0.25) is 0 Å². The zero-order valence-corrected chi connectivity index (χ0v) is 13.3. The van der Waals surface area contributed by atoms with E-state index in [-0.39, 0.29) is 0 Å². The summed E-state index contributed by atoms with van der Waals surface area (Å²) in [5.41, 5.74) is 3.50. The smallest absolute Gasteiger partial charge is 0.0170 e. The van der Waals surface area contributed by atoms with E-state index in [0.717, 1.165) is 35.5 Å². The fourth-order valence-corrected chi connectivity index (χ4v) is 4.71. The van der Waals surface area contributed by atoms with Crippen molar-refractivity contribution in [1.29, 1.82) is 0 Å². The van der Waals surface area contributed by atoms with Crippen LogP contribution in [0.1, 0.15) is 67.2 Å². The summed E-state index contributed by atoms with van der Waals surface area (Å²) in [4.78, 5) is 0. The third-order valence-electron chi connectivity index (χ3n) is 5.94. The van der Waals surface area contributed by atoms with Crippen molar-refractivity contribution < 1.29 is 0 Å². The van der Waals surface area contributed by atoms with E-state index in [9.17, 15) is 0 Å². The molecule has 1 saturated carbocycles. The van der Waals surface area contributed by atoms with Gasteiger partial charge in [0.2, 0.25) is 0 Å². The summed E-state index contributed by atoms with van der Waals surface area (Å²) in [5, 5.41) is 0.